The molecular weight excluding hydrogens is 590 g/mol. The molecule has 0 rings (SSSR count). The summed E-state index contributed by atoms with van der Waals surface area (Å²) in [5, 5.41) is 23.0. The van der Waals surface area contributed by atoms with Gasteiger partial charge in [-0.1, -0.05) is 205 Å². The van der Waals surface area contributed by atoms with Gasteiger partial charge in [0.1, 0.15) is 0 Å². The second-order valence-electron chi connectivity index (χ2n) is 14.8. The zero-order valence-corrected chi connectivity index (χ0v) is 32.5. The third kappa shape index (κ3) is 36.2. The Kier molecular flexibility index (Phi) is 39.4. The van der Waals surface area contributed by atoms with Crippen LogP contribution in [0.1, 0.15) is 232 Å². The normalized spacial score (nSPS) is 13.2. The Morgan fingerprint density at radius 3 is 1.19 bits per heavy atom. The highest BCUT2D eigenvalue weighted by molar-refractivity contribution is 5.76. The van der Waals surface area contributed by atoms with Crippen molar-refractivity contribution in [2.24, 2.45) is 0 Å². The Labute approximate surface area is 300 Å². The molecular formula is C44H85NO3. The highest BCUT2D eigenvalue weighted by atomic mass is 16.3. The van der Waals surface area contributed by atoms with Gasteiger partial charge in [-0.2, -0.15) is 0 Å². The van der Waals surface area contributed by atoms with Crippen LogP contribution in [0.4, 0.5) is 0 Å². The van der Waals surface area contributed by atoms with Crippen LogP contribution >= 0.6 is 0 Å². The van der Waals surface area contributed by atoms with E-state index >= 15 is 0 Å². The highest BCUT2D eigenvalue weighted by Crippen LogP contribution is 2.16. The van der Waals surface area contributed by atoms with Crippen molar-refractivity contribution >= 4 is 5.91 Å². The molecule has 0 saturated heterocycles. The Morgan fingerprint density at radius 1 is 0.479 bits per heavy atom. The summed E-state index contributed by atoms with van der Waals surface area (Å²) in [6.07, 6.45) is 51.5. The smallest absolute Gasteiger partial charge is 0.220 e. The molecule has 2 atom stereocenters. The third-order valence-electron chi connectivity index (χ3n) is 9.93. The zero-order chi connectivity index (χ0) is 35.0. The Bertz CT molecular complexity index is 691. The Balaban J connectivity index is 3.51. The molecule has 0 fully saturated rings. The second kappa shape index (κ2) is 40.3. The van der Waals surface area contributed by atoms with Gasteiger partial charge in [0.25, 0.3) is 0 Å². The lowest BCUT2D eigenvalue weighted by molar-refractivity contribution is -0.123. The topological polar surface area (TPSA) is 69.6 Å². The number of rotatable bonds is 39. The van der Waals surface area contributed by atoms with Crippen LogP contribution in [0.3, 0.4) is 0 Å². The van der Waals surface area contributed by atoms with Crippen molar-refractivity contribution in [2.75, 3.05) is 6.61 Å². The first-order chi connectivity index (χ1) is 23.7. The lowest BCUT2D eigenvalue weighted by Gasteiger charge is -2.20. The number of amides is 1. The van der Waals surface area contributed by atoms with Crippen LogP contribution < -0.4 is 5.32 Å². The first-order valence-electron chi connectivity index (χ1n) is 21.6. The minimum Gasteiger partial charge on any atom is -0.394 e. The average Bonchev–Trinajstić information content (AvgIpc) is 3.09. The molecule has 48 heavy (non-hydrogen) atoms. The van der Waals surface area contributed by atoms with Crippen LogP contribution in [-0.4, -0.2) is 34.9 Å². The van der Waals surface area contributed by atoms with E-state index in [9.17, 15) is 15.0 Å². The minimum atomic E-state index is -0.839. The van der Waals surface area contributed by atoms with Gasteiger partial charge in [0.2, 0.25) is 5.91 Å². The maximum Gasteiger partial charge on any atom is 0.220 e. The average molecular weight is 676 g/mol. The molecule has 0 spiro atoms. The third-order valence-corrected chi connectivity index (χ3v) is 9.93. The summed E-state index contributed by atoms with van der Waals surface area (Å²) < 4.78 is 0. The summed E-state index contributed by atoms with van der Waals surface area (Å²) in [7, 11) is 0. The SMILES string of the molecule is CCCCC/C=C\CCCCCCCC(=O)NC(CO)C(O)/C=C/CCCCCCCCCCCCCCCCCCCCCCCC. The summed E-state index contributed by atoms with van der Waals surface area (Å²) in [6.45, 7) is 4.29. The van der Waals surface area contributed by atoms with E-state index in [0.717, 1.165) is 38.5 Å². The Hall–Kier alpha value is -1.13. The van der Waals surface area contributed by atoms with E-state index in [1.54, 1.807) is 6.08 Å². The monoisotopic (exact) mass is 676 g/mol. The van der Waals surface area contributed by atoms with Gasteiger partial charge in [0, 0.05) is 6.42 Å². The predicted octanol–water partition coefficient (Wildman–Crippen LogP) is 13.2. The van der Waals surface area contributed by atoms with E-state index in [1.165, 1.54) is 173 Å². The fraction of sp³-hybridized carbons (Fsp3) is 0.886. The molecule has 0 aliphatic carbocycles. The molecule has 1 amide bonds. The lowest BCUT2D eigenvalue weighted by Crippen LogP contribution is -2.45. The quantitative estimate of drug-likeness (QED) is 0.0448. The molecule has 0 aromatic carbocycles. The maximum atomic E-state index is 12.3. The van der Waals surface area contributed by atoms with Gasteiger partial charge in [-0.25, -0.2) is 0 Å². The molecule has 0 bridgehead atoms. The number of nitrogens with one attached hydrogen (secondary N) is 1. The van der Waals surface area contributed by atoms with Gasteiger partial charge in [0.05, 0.1) is 18.8 Å². The van der Waals surface area contributed by atoms with Crippen LogP contribution in [0.25, 0.3) is 0 Å². The second-order valence-corrected chi connectivity index (χ2v) is 14.8. The summed E-state index contributed by atoms with van der Waals surface area (Å²) in [4.78, 5) is 12.3. The summed E-state index contributed by atoms with van der Waals surface area (Å²) in [5.41, 5.74) is 0. The fourth-order valence-corrected chi connectivity index (χ4v) is 6.58. The molecule has 0 aliphatic rings. The van der Waals surface area contributed by atoms with E-state index in [1.807, 2.05) is 6.08 Å². The van der Waals surface area contributed by atoms with E-state index < -0.39 is 12.1 Å². The zero-order valence-electron chi connectivity index (χ0n) is 32.5. The van der Waals surface area contributed by atoms with Crippen molar-refractivity contribution in [3.05, 3.63) is 24.3 Å². The summed E-state index contributed by atoms with van der Waals surface area (Å²) in [5.74, 6) is -0.0731. The molecule has 4 nitrogen and oxygen atoms in total. The molecule has 0 aromatic heterocycles. The van der Waals surface area contributed by atoms with Crippen LogP contribution in [0, 0.1) is 0 Å². The minimum absolute atomic E-state index is 0.0731. The van der Waals surface area contributed by atoms with Gasteiger partial charge < -0.3 is 15.5 Å². The van der Waals surface area contributed by atoms with Crippen molar-refractivity contribution in [3.63, 3.8) is 0 Å². The van der Waals surface area contributed by atoms with Crippen LogP contribution in [0.5, 0.6) is 0 Å². The van der Waals surface area contributed by atoms with Crippen LogP contribution in [0.15, 0.2) is 24.3 Å². The molecule has 0 aromatic rings. The van der Waals surface area contributed by atoms with Crippen molar-refractivity contribution in [2.45, 2.75) is 244 Å². The number of aliphatic hydroxyl groups excluding tert-OH is 2. The van der Waals surface area contributed by atoms with Crippen LogP contribution in [-0.2, 0) is 4.79 Å². The van der Waals surface area contributed by atoms with Gasteiger partial charge in [-0.3, -0.25) is 4.79 Å². The van der Waals surface area contributed by atoms with Gasteiger partial charge in [-0.05, 0) is 44.9 Å². The van der Waals surface area contributed by atoms with Crippen molar-refractivity contribution in [1.29, 1.82) is 0 Å². The van der Waals surface area contributed by atoms with Crippen molar-refractivity contribution in [1.82, 2.24) is 5.32 Å². The molecule has 4 heteroatoms. The number of unbranched alkanes of at least 4 members (excludes halogenated alkanes) is 30. The van der Waals surface area contributed by atoms with E-state index in [-0.39, 0.29) is 12.5 Å². The number of carbonyl (C=O) groups is 1. The number of allylic oxidation sites excluding steroid dienone is 3. The fourth-order valence-electron chi connectivity index (χ4n) is 6.58. The van der Waals surface area contributed by atoms with Gasteiger partial charge in [0.15, 0.2) is 0 Å². The number of carbonyl (C=O) groups excluding carboxylic acids is 1. The maximum absolute atomic E-state index is 12.3. The molecule has 0 radical (unpaired) electrons. The van der Waals surface area contributed by atoms with Crippen molar-refractivity contribution < 1.29 is 15.0 Å². The molecule has 0 saturated carbocycles. The molecule has 3 N–H and O–H groups in total. The molecule has 284 valence electrons. The molecule has 0 aliphatic heterocycles. The van der Waals surface area contributed by atoms with Gasteiger partial charge >= 0.3 is 0 Å². The van der Waals surface area contributed by atoms with Crippen LogP contribution in [0.2, 0.25) is 0 Å². The first kappa shape index (κ1) is 46.9. The molecule has 2 unspecified atom stereocenters. The summed E-state index contributed by atoms with van der Waals surface area (Å²) >= 11 is 0. The van der Waals surface area contributed by atoms with E-state index in [2.05, 4.69) is 31.3 Å². The van der Waals surface area contributed by atoms with Gasteiger partial charge in [-0.15, -0.1) is 0 Å². The lowest BCUT2D eigenvalue weighted by atomic mass is 10.0. The van der Waals surface area contributed by atoms with E-state index in [0.29, 0.717) is 6.42 Å². The number of hydrogen-bond acceptors (Lipinski definition) is 3. The predicted molar refractivity (Wildman–Crippen MR) is 212 cm³/mol. The number of aliphatic hydroxyl groups is 2. The standard InChI is InChI=1S/C44H85NO3/c1-3-5-7-9-11-13-15-17-18-19-20-21-22-23-24-25-26-27-28-29-31-33-35-37-39-43(47)42(41-46)45-44(48)40-38-36-34-32-30-16-14-12-10-8-6-4-2/h12,14,37,39,42-43,46-47H,3-11,13,15-36,38,40-41H2,1-2H3,(H,45,48)/b14-12-,39-37+. The Morgan fingerprint density at radius 2 is 0.792 bits per heavy atom. The molecule has 0 heterocycles. The highest BCUT2D eigenvalue weighted by Gasteiger charge is 2.17. The van der Waals surface area contributed by atoms with Crippen molar-refractivity contribution in [3.8, 4) is 0 Å². The largest absolute Gasteiger partial charge is 0.394 e. The van der Waals surface area contributed by atoms with E-state index in [4.69, 9.17) is 0 Å². The number of hydrogen-bond donors (Lipinski definition) is 3. The summed E-state index contributed by atoms with van der Waals surface area (Å²) in [6, 6.07) is -0.623. The first-order valence-corrected chi connectivity index (χ1v) is 21.6.